The molecular formula is C18H27NO2. The van der Waals surface area contributed by atoms with E-state index in [-0.39, 0.29) is 0 Å². The molecule has 21 heavy (non-hydrogen) atoms. The van der Waals surface area contributed by atoms with E-state index in [4.69, 9.17) is 9.47 Å². The fourth-order valence-electron chi connectivity index (χ4n) is 2.25. The van der Waals surface area contributed by atoms with Crippen LogP contribution in [0.1, 0.15) is 44.1 Å². The van der Waals surface area contributed by atoms with Crippen LogP contribution in [0.2, 0.25) is 0 Å². The van der Waals surface area contributed by atoms with E-state index >= 15 is 0 Å². The number of hydrogen-bond donors (Lipinski definition) is 1. The number of ether oxygens (including phenoxy) is 2. The van der Waals surface area contributed by atoms with Crippen LogP contribution in [0.3, 0.4) is 0 Å². The molecule has 0 heterocycles. The Hall–Kier alpha value is -1.48. The van der Waals surface area contributed by atoms with Gasteiger partial charge in [-0.3, -0.25) is 0 Å². The van der Waals surface area contributed by atoms with Gasteiger partial charge in [-0.05, 0) is 56.7 Å². The van der Waals surface area contributed by atoms with Crippen molar-refractivity contribution in [3.8, 4) is 11.5 Å². The van der Waals surface area contributed by atoms with Crippen LogP contribution in [0.15, 0.2) is 30.9 Å². The van der Waals surface area contributed by atoms with Crippen molar-refractivity contribution in [1.29, 1.82) is 0 Å². The molecule has 2 rings (SSSR count). The molecule has 0 bridgehead atoms. The molecule has 1 saturated carbocycles. The molecule has 1 N–H and O–H groups in total. The van der Waals surface area contributed by atoms with E-state index in [1.54, 1.807) is 7.11 Å². The van der Waals surface area contributed by atoms with E-state index in [1.807, 2.05) is 18.2 Å². The van der Waals surface area contributed by atoms with Gasteiger partial charge in [0.2, 0.25) is 0 Å². The van der Waals surface area contributed by atoms with Crippen molar-refractivity contribution < 1.29 is 9.47 Å². The summed E-state index contributed by atoms with van der Waals surface area (Å²) in [6.07, 6.45) is 9.15. The van der Waals surface area contributed by atoms with Crippen LogP contribution in [-0.4, -0.2) is 19.8 Å². The number of benzene rings is 1. The molecule has 3 nitrogen and oxygen atoms in total. The third kappa shape index (κ3) is 5.80. The SMILES string of the molecule is C=CCCCCCOc1ccc(OC)cc1CNC1CC1. The van der Waals surface area contributed by atoms with Crippen molar-refractivity contribution >= 4 is 0 Å². The summed E-state index contributed by atoms with van der Waals surface area (Å²) in [6.45, 7) is 5.38. The van der Waals surface area contributed by atoms with Crippen molar-refractivity contribution in [2.45, 2.75) is 51.1 Å². The Labute approximate surface area is 128 Å². The molecule has 1 aromatic carbocycles. The average molecular weight is 289 g/mol. The van der Waals surface area contributed by atoms with Gasteiger partial charge >= 0.3 is 0 Å². The molecular weight excluding hydrogens is 262 g/mol. The van der Waals surface area contributed by atoms with Crippen LogP contribution in [-0.2, 0) is 6.54 Å². The Kier molecular flexibility index (Phi) is 6.61. The summed E-state index contributed by atoms with van der Waals surface area (Å²) in [7, 11) is 1.70. The number of allylic oxidation sites excluding steroid dienone is 1. The standard InChI is InChI=1S/C18H27NO2/c1-3-4-5-6-7-12-21-18-11-10-17(20-2)13-15(18)14-19-16-8-9-16/h3,10-11,13,16,19H,1,4-9,12,14H2,2H3. The van der Waals surface area contributed by atoms with Gasteiger partial charge in [0.1, 0.15) is 11.5 Å². The maximum absolute atomic E-state index is 5.95. The molecule has 0 atom stereocenters. The number of methoxy groups -OCH3 is 1. The van der Waals surface area contributed by atoms with Gasteiger partial charge in [0, 0.05) is 18.2 Å². The average Bonchev–Trinajstić information content (AvgIpc) is 3.33. The van der Waals surface area contributed by atoms with Crippen LogP contribution in [0, 0.1) is 0 Å². The topological polar surface area (TPSA) is 30.5 Å². The molecule has 0 saturated heterocycles. The fraction of sp³-hybridized carbons (Fsp3) is 0.556. The molecule has 0 radical (unpaired) electrons. The maximum Gasteiger partial charge on any atom is 0.124 e. The highest BCUT2D eigenvalue weighted by molar-refractivity contribution is 5.40. The first-order valence-electron chi connectivity index (χ1n) is 7.97. The Bertz CT molecular complexity index is 441. The highest BCUT2D eigenvalue weighted by Crippen LogP contribution is 2.26. The highest BCUT2D eigenvalue weighted by Gasteiger charge is 2.20. The van der Waals surface area contributed by atoms with Gasteiger partial charge in [0.15, 0.2) is 0 Å². The van der Waals surface area contributed by atoms with E-state index in [0.717, 1.165) is 37.5 Å². The first-order valence-corrected chi connectivity index (χ1v) is 7.97. The van der Waals surface area contributed by atoms with E-state index in [9.17, 15) is 0 Å². The second-order valence-electron chi connectivity index (χ2n) is 5.62. The van der Waals surface area contributed by atoms with Gasteiger partial charge in [-0.25, -0.2) is 0 Å². The van der Waals surface area contributed by atoms with Crippen LogP contribution < -0.4 is 14.8 Å². The lowest BCUT2D eigenvalue weighted by molar-refractivity contribution is 0.301. The van der Waals surface area contributed by atoms with Crippen LogP contribution >= 0.6 is 0 Å². The number of hydrogen-bond acceptors (Lipinski definition) is 3. The maximum atomic E-state index is 5.95. The molecule has 1 aliphatic rings. The Balaban J connectivity index is 1.82. The molecule has 1 aromatic rings. The number of unbranched alkanes of at least 4 members (excludes halogenated alkanes) is 3. The Morgan fingerprint density at radius 2 is 2.14 bits per heavy atom. The largest absolute Gasteiger partial charge is 0.497 e. The molecule has 0 aromatic heterocycles. The van der Waals surface area contributed by atoms with Gasteiger partial charge < -0.3 is 14.8 Å². The van der Waals surface area contributed by atoms with Crippen LogP contribution in [0.5, 0.6) is 11.5 Å². The minimum absolute atomic E-state index is 0.697. The summed E-state index contributed by atoms with van der Waals surface area (Å²) in [5.74, 6) is 1.87. The Morgan fingerprint density at radius 3 is 2.86 bits per heavy atom. The first kappa shape index (κ1) is 15.9. The molecule has 0 aliphatic heterocycles. The van der Waals surface area contributed by atoms with E-state index in [1.165, 1.54) is 31.2 Å². The van der Waals surface area contributed by atoms with E-state index in [2.05, 4.69) is 18.0 Å². The van der Waals surface area contributed by atoms with E-state index in [0.29, 0.717) is 6.04 Å². The summed E-state index contributed by atoms with van der Waals surface area (Å²) in [6, 6.07) is 6.76. The smallest absolute Gasteiger partial charge is 0.124 e. The lowest BCUT2D eigenvalue weighted by atomic mass is 10.1. The fourth-order valence-corrected chi connectivity index (χ4v) is 2.25. The van der Waals surface area contributed by atoms with Gasteiger partial charge in [0.25, 0.3) is 0 Å². The lowest BCUT2D eigenvalue weighted by Crippen LogP contribution is -2.16. The Morgan fingerprint density at radius 1 is 1.29 bits per heavy atom. The zero-order valence-corrected chi connectivity index (χ0v) is 13.1. The van der Waals surface area contributed by atoms with E-state index < -0.39 is 0 Å². The third-order valence-electron chi connectivity index (χ3n) is 3.74. The van der Waals surface area contributed by atoms with Crippen molar-refractivity contribution in [2.75, 3.05) is 13.7 Å². The minimum Gasteiger partial charge on any atom is -0.497 e. The first-order chi connectivity index (χ1) is 10.3. The number of rotatable bonds is 11. The summed E-state index contributed by atoms with van der Waals surface area (Å²) in [5, 5.41) is 3.54. The molecule has 1 aliphatic carbocycles. The zero-order chi connectivity index (χ0) is 14.9. The van der Waals surface area contributed by atoms with Crippen molar-refractivity contribution in [2.24, 2.45) is 0 Å². The van der Waals surface area contributed by atoms with Crippen molar-refractivity contribution in [1.82, 2.24) is 5.32 Å². The summed E-state index contributed by atoms with van der Waals surface area (Å²) < 4.78 is 11.3. The van der Waals surface area contributed by atoms with Gasteiger partial charge in [0.05, 0.1) is 13.7 Å². The van der Waals surface area contributed by atoms with Gasteiger partial charge in [-0.2, -0.15) is 0 Å². The zero-order valence-electron chi connectivity index (χ0n) is 13.1. The second kappa shape index (κ2) is 8.73. The minimum atomic E-state index is 0.697. The summed E-state index contributed by atoms with van der Waals surface area (Å²) >= 11 is 0. The summed E-state index contributed by atoms with van der Waals surface area (Å²) in [5.41, 5.74) is 1.19. The second-order valence-corrected chi connectivity index (χ2v) is 5.62. The van der Waals surface area contributed by atoms with Gasteiger partial charge in [-0.15, -0.1) is 6.58 Å². The normalized spacial score (nSPS) is 14.0. The third-order valence-corrected chi connectivity index (χ3v) is 3.74. The molecule has 3 heteroatoms. The molecule has 0 unspecified atom stereocenters. The van der Waals surface area contributed by atoms with Crippen LogP contribution in [0.4, 0.5) is 0 Å². The monoisotopic (exact) mass is 289 g/mol. The summed E-state index contributed by atoms with van der Waals surface area (Å²) in [4.78, 5) is 0. The number of nitrogens with one attached hydrogen (secondary N) is 1. The van der Waals surface area contributed by atoms with Crippen molar-refractivity contribution in [3.63, 3.8) is 0 Å². The molecule has 1 fully saturated rings. The van der Waals surface area contributed by atoms with Gasteiger partial charge in [-0.1, -0.05) is 6.08 Å². The van der Waals surface area contributed by atoms with Crippen molar-refractivity contribution in [3.05, 3.63) is 36.4 Å². The van der Waals surface area contributed by atoms with Crippen LogP contribution in [0.25, 0.3) is 0 Å². The quantitative estimate of drug-likeness (QED) is 0.492. The molecule has 0 spiro atoms. The molecule has 0 amide bonds. The molecule has 116 valence electrons. The highest BCUT2D eigenvalue weighted by atomic mass is 16.5. The predicted octanol–water partition coefficient (Wildman–Crippen LogP) is 4.07. The lowest BCUT2D eigenvalue weighted by Gasteiger charge is -2.13. The predicted molar refractivity (Wildman–Crippen MR) is 87.0 cm³/mol.